The predicted octanol–water partition coefficient (Wildman–Crippen LogP) is -2.51. The van der Waals surface area contributed by atoms with Crippen molar-refractivity contribution in [3.8, 4) is 0 Å². The molecule has 1 amide bonds. The molecule has 1 fully saturated rings. The summed E-state index contributed by atoms with van der Waals surface area (Å²) in [4.78, 5) is 21.9. The Kier molecular flexibility index (Phi) is 5.03. The maximum Gasteiger partial charge on any atom is 0.305 e. The Bertz CT molecular complexity index is 321. The molecule has 1 aliphatic heterocycles. The van der Waals surface area contributed by atoms with Gasteiger partial charge >= 0.3 is 5.97 Å². The van der Waals surface area contributed by atoms with Crippen molar-refractivity contribution in [2.45, 2.75) is 44.5 Å². The quantitative estimate of drug-likeness (QED) is 0.414. The number of ether oxygens (including phenoxy) is 2. The number of nitrogens with one attached hydrogen (secondary N) is 1. The van der Waals surface area contributed by atoms with Crippen molar-refractivity contribution in [1.29, 1.82) is 0 Å². The normalized spacial score (nSPS) is 35.9. The Morgan fingerprint density at radius 2 is 1.89 bits per heavy atom. The van der Waals surface area contributed by atoms with Crippen LogP contribution < -0.4 is 5.32 Å². The van der Waals surface area contributed by atoms with Crippen LogP contribution in [-0.2, 0) is 19.1 Å². The van der Waals surface area contributed by atoms with Gasteiger partial charge in [-0.25, -0.2) is 0 Å². The van der Waals surface area contributed by atoms with Gasteiger partial charge in [0.1, 0.15) is 24.4 Å². The van der Waals surface area contributed by atoms with Gasteiger partial charge in [0.05, 0.1) is 6.61 Å². The molecule has 1 heterocycles. The highest BCUT2D eigenvalue weighted by atomic mass is 16.7. The zero-order chi connectivity index (χ0) is 13.9. The summed E-state index contributed by atoms with van der Waals surface area (Å²) in [7, 11) is 0. The fraction of sp³-hybridized carbons (Fsp3) is 0.800. The van der Waals surface area contributed by atoms with E-state index in [0.717, 1.165) is 6.92 Å². The Morgan fingerprint density at radius 3 is 2.33 bits per heavy atom. The fourth-order valence-corrected chi connectivity index (χ4v) is 1.73. The Hall–Kier alpha value is -1.22. The van der Waals surface area contributed by atoms with E-state index in [0.29, 0.717) is 0 Å². The number of esters is 1. The number of hydrogen-bond donors (Lipinski definition) is 4. The van der Waals surface area contributed by atoms with Gasteiger partial charge in [-0.15, -0.1) is 0 Å². The second-order valence-electron chi connectivity index (χ2n) is 4.04. The van der Waals surface area contributed by atoms with Crippen molar-refractivity contribution in [3.63, 3.8) is 0 Å². The average molecular weight is 263 g/mol. The van der Waals surface area contributed by atoms with Crippen LogP contribution in [0.25, 0.3) is 0 Å². The standard InChI is InChI=1S/C10H17NO7/c1-4(13)11-7-9(16)8(15)6(3-12)18-10(7)17-5(2)14/h6-10,12,15-16H,3H2,1-2H3,(H,11,13)/t6-,7-,8+,9-,10?/m1/s1. The van der Waals surface area contributed by atoms with E-state index >= 15 is 0 Å². The van der Waals surface area contributed by atoms with Crippen LogP contribution in [0.4, 0.5) is 0 Å². The summed E-state index contributed by atoms with van der Waals surface area (Å²) >= 11 is 0. The smallest absolute Gasteiger partial charge is 0.305 e. The van der Waals surface area contributed by atoms with E-state index in [9.17, 15) is 19.8 Å². The van der Waals surface area contributed by atoms with Gasteiger partial charge in [-0.2, -0.15) is 0 Å². The van der Waals surface area contributed by atoms with Gasteiger partial charge in [0.2, 0.25) is 12.2 Å². The second kappa shape index (κ2) is 6.10. The molecule has 104 valence electrons. The van der Waals surface area contributed by atoms with Crippen molar-refractivity contribution < 1.29 is 34.4 Å². The first-order chi connectivity index (χ1) is 8.36. The maximum absolute atomic E-state index is 11.0. The van der Waals surface area contributed by atoms with Crippen molar-refractivity contribution in [2.24, 2.45) is 0 Å². The number of amides is 1. The molecule has 0 saturated carbocycles. The van der Waals surface area contributed by atoms with Gasteiger partial charge in [0, 0.05) is 13.8 Å². The zero-order valence-electron chi connectivity index (χ0n) is 10.1. The van der Waals surface area contributed by atoms with Gasteiger partial charge in [0.25, 0.3) is 0 Å². The molecule has 18 heavy (non-hydrogen) atoms. The van der Waals surface area contributed by atoms with Crippen LogP contribution in [0.1, 0.15) is 13.8 Å². The van der Waals surface area contributed by atoms with Crippen LogP contribution in [0.3, 0.4) is 0 Å². The highest BCUT2D eigenvalue weighted by molar-refractivity contribution is 5.73. The SMILES string of the molecule is CC(=O)N[C@H]1C(OC(C)=O)O[C@H](CO)[C@H](O)[C@@H]1O. The second-order valence-corrected chi connectivity index (χ2v) is 4.04. The molecule has 8 heteroatoms. The topological polar surface area (TPSA) is 125 Å². The fourth-order valence-electron chi connectivity index (χ4n) is 1.73. The summed E-state index contributed by atoms with van der Waals surface area (Å²) in [6, 6.07) is -1.09. The lowest BCUT2D eigenvalue weighted by molar-refractivity contribution is -0.262. The van der Waals surface area contributed by atoms with Crippen molar-refractivity contribution >= 4 is 11.9 Å². The van der Waals surface area contributed by atoms with Crippen LogP contribution in [0, 0.1) is 0 Å². The zero-order valence-corrected chi connectivity index (χ0v) is 10.1. The Balaban J connectivity index is 2.86. The minimum Gasteiger partial charge on any atom is -0.434 e. The van der Waals surface area contributed by atoms with Crippen molar-refractivity contribution in [2.75, 3.05) is 6.61 Å². The van der Waals surface area contributed by atoms with E-state index in [4.69, 9.17) is 14.6 Å². The third-order valence-corrected chi connectivity index (χ3v) is 2.53. The molecule has 5 atom stereocenters. The molecule has 4 N–H and O–H groups in total. The Labute approximate surface area is 104 Å². The molecule has 0 aromatic rings. The number of aliphatic hydroxyl groups excluding tert-OH is 3. The summed E-state index contributed by atoms with van der Waals surface area (Å²) in [6.45, 7) is 1.80. The highest BCUT2D eigenvalue weighted by Crippen LogP contribution is 2.22. The first kappa shape index (κ1) is 14.8. The first-order valence-corrected chi connectivity index (χ1v) is 5.43. The third kappa shape index (κ3) is 3.39. The van der Waals surface area contributed by atoms with Gasteiger partial charge in [-0.3, -0.25) is 9.59 Å². The van der Waals surface area contributed by atoms with Crippen molar-refractivity contribution in [3.05, 3.63) is 0 Å². The van der Waals surface area contributed by atoms with Crippen molar-refractivity contribution in [1.82, 2.24) is 5.32 Å². The Morgan fingerprint density at radius 1 is 1.28 bits per heavy atom. The maximum atomic E-state index is 11.0. The van der Waals surface area contributed by atoms with E-state index in [2.05, 4.69) is 5.32 Å². The number of aliphatic hydroxyl groups is 3. The molecule has 1 unspecified atom stereocenters. The van der Waals surface area contributed by atoms with Crippen LogP contribution >= 0.6 is 0 Å². The lowest BCUT2D eigenvalue weighted by atomic mass is 9.97. The number of carbonyl (C=O) groups is 2. The van der Waals surface area contributed by atoms with Crippen LogP contribution in [-0.4, -0.2) is 64.4 Å². The first-order valence-electron chi connectivity index (χ1n) is 5.43. The van der Waals surface area contributed by atoms with E-state index in [-0.39, 0.29) is 0 Å². The number of rotatable bonds is 3. The summed E-state index contributed by atoms with van der Waals surface area (Å²) < 4.78 is 9.92. The molecule has 1 rings (SSSR count). The van der Waals surface area contributed by atoms with E-state index in [1.165, 1.54) is 6.92 Å². The molecule has 0 aromatic carbocycles. The van der Waals surface area contributed by atoms with Gasteiger partial charge in [-0.1, -0.05) is 0 Å². The summed E-state index contributed by atoms with van der Waals surface area (Å²) in [6.07, 6.45) is -5.15. The summed E-state index contributed by atoms with van der Waals surface area (Å²) in [5, 5.41) is 30.8. The average Bonchev–Trinajstić information content (AvgIpc) is 2.27. The third-order valence-electron chi connectivity index (χ3n) is 2.53. The minimum absolute atomic E-state index is 0.477. The van der Waals surface area contributed by atoms with E-state index in [1.54, 1.807) is 0 Å². The molecule has 0 radical (unpaired) electrons. The van der Waals surface area contributed by atoms with E-state index < -0.39 is 49.1 Å². The van der Waals surface area contributed by atoms with E-state index in [1.807, 2.05) is 0 Å². The van der Waals surface area contributed by atoms with Gasteiger partial charge < -0.3 is 30.1 Å². The lowest BCUT2D eigenvalue weighted by Gasteiger charge is -2.41. The lowest BCUT2D eigenvalue weighted by Crippen LogP contribution is -2.64. The summed E-state index contributed by atoms with van der Waals surface area (Å²) in [5.41, 5.74) is 0. The summed E-state index contributed by atoms with van der Waals surface area (Å²) in [5.74, 6) is -1.15. The molecule has 1 aliphatic rings. The number of hydrogen-bond acceptors (Lipinski definition) is 7. The van der Waals surface area contributed by atoms with Crippen LogP contribution in [0.5, 0.6) is 0 Å². The molecular weight excluding hydrogens is 246 g/mol. The van der Waals surface area contributed by atoms with Gasteiger partial charge in [0.15, 0.2) is 0 Å². The highest BCUT2D eigenvalue weighted by Gasteiger charge is 2.46. The van der Waals surface area contributed by atoms with Crippen LogP contribution in [0.15, 0.2) is 0 Å². The largest absolute Gasteiger partial charge is 0.434 e. The molecule has 0 aliphatic carbocycles. The predicted molar refractivity (Wildman–Crippen MR) is 57.1 cm³/mol. The molecular formula is C10H17NO7. The molecule has 0 aromatic heterocycles. The van der Waals surface area contributed by atoms with Gasteiger partial charge in [-0.05, 0) is 0 Å². The molecule has 8 nitrogen and oxygen atoms in total. The molecule has 1 saturated heterocycles. The van der Waals surface area contributed by atoms with Crippen LogP contribution in [0.2, 0.25) is 0 Å². The number of carbonyl (C=O) groups excluding carboxylic acids is 2. The molecule has 0 bridgehead atoms. The minimum atomic E-state index is -1.41. The molecule has 0 spiro atoms. The monoisotopic (exact) mass is 263 g/mol.